The number of nitriles is 1. The quantitative estimate of drug-likeness (QED) is 0.295. The summed E-state index contributed by atoms with van der Waals surface area (Å²) in [4.78, 5) is 27.8. The topological polar surface area (TPSA) is 134 Å². The Bertz CT molecular complexity index is 1690. The Hall–Kier alpha value is -4.28. The molecule has 0 bridgehead atoms. The third kappa shape index (κ3) is 6.25. The molecule has 2 heterocycles. The number of hydrogen-bond donors (Lipinski definition) is 2. The first-order valence-electron chi connectivity index (χ1n) is 13.4. The Balaban J connectivity index is 1.45. The van der Waals surface area contributed by atoms with Crippen LogP contribution in [0.1, 0.15) is 45.1 Å². The monoisotopic (exact) mass is 622 g/mol. The van der Waals surface area contributed by atoms with Gasteiger partial charge in [-0.2, -0.15) is 5.26 Å². The molecule has 222 valence electrons. The second kappa shape index (κ2) is 12.1. The average Bonchev–Trinajstić information content (AvgIpc) is 3.41. The first-order valence-corrected chi connectivity index (χ1v) is 15.2. The molecule has 2 aromatic carbocycles. The number of ketones is 1. The maximum absolute atomic E-state index is 13.9. The Morgan fingerprint density at radius 3 is 2.65 bits per heavy atom. The summed E-state index contributed by atoms with van der Waals surface area (Å²) in [7, 11) is 0. The largest absolute Gasteiger partial charge is 0.494 e. The van der Waals surface area contributed by atoms with Crippen molar-refractivity contribution in [2.75, 3.05) is 22.6 Å². The molecule has 1 aliphatic heterocycles. The lowest BCUT2D eigenvalue weighted by atomic mass is 9.68. The molecule has 5 rings (SSSR count). The first-order chi connectivity index (χ1) is 20.5. The summed E-state index contributed by atoms with van der Waals surface area (Å²) in [6.45, 7) is 6.41. The van der Waals surface area contributed by atoms with Gasteiger partial charge in [0, 0.05) is 23.8 Å². The van der Waals surface area contributed by atoms with Crippen molar-refractivity contribution in [2.45, 2.75) is 43.9 Å². The number of allylic oxidation sites excluding steroid dienone is 3. The molecule has 1 amide bonds. The summed E-state index contributed by atoms with van der Waals surface area (Å²) in [5.41, 5.74) is 8.31. The number of hydrogen-bond acceptors (Lipinski definition) is 10. The summed E-state index contributed by atoms with van der Waals surface area (Å²) in [5, 5.41) is 21.5. The number of Topliss-reactive ketones (excluding diaryl/α,β-unsaturated/α-hetero) is 1. The van der Waals surface area contributed by atoms with E-state index in [2.05, 4.69) is 21.6 Å². The van der Waals surface area contributed by atoms with E-state index in [0.29, 0.717) is 52.0 Å². The van der Waals surface area contributed by atoms with Crippen LogP contribution in [-0.2, 0) is 9.59 Å². The number of ether oxygens (including phenoxy) is 1. The SMILES string of the molecule is CCOc1ccc(C2C(C#N)=C(N)N(c3nnc(SCC(=O)Nc4ccc(F)cc4F)s3)C3=C2C(=O)CC(C)(C)C3)cc1. The molecule has 2 aliphatic rings. The van der Waals surface area contributed by atoms with Crippen LogP contribution in [0.4, 0.5) is 19.6 Å². The third-order valence-corrected chi connectivity index (χ3v) is 9.07. The minimum atomic E-state index is -0.880. The fraction of sp³-hybridized carbons (Fsp3) is 0.300. The molecular weight excluding hydrogens is 594 g/mol. The van der Waals surface area contributed by atoms with Gasteiger partial charge in [-0.05, 0) is 48.6 Å². The number of carbonyl (C=O) groups excluding carboxylic acids is 2. The summed E-state index contributed by atoms with van der Waals surface area (Å²) >= 11 is 2.22. The molecule has 3 N–H and O–H groups in total. The van der Waals surface area contributed by atoms with Gasteiger partial charge in [-0.1, -0.05) is 49.1 Å². The van der Waals surface area contributed by atoms with Crippen LogP contribution in [-0.4, -0.2) is 34.2 Å². The number of halogens is 2. The molecule has 3 aromatic rings. The van der Waals surface area contributed by atoms with E-state index in [1.54, 1.807) is 4.90 Å². The van der Waals surface area contributed by atoms with E-state index >= 15 is 0 Å². The molecule has 0 saturated heterocycles. The molecule has 0 saturated carbocycles. The maximum Gasteiger partial charge on any atom is 0.234 e. The summed E-state index contributed by atoms with van der Waals surface area (Å²) in [6.07, 6.45) is 0.821. The number of aromatic nitrogens is 2. The molecule has 1 unspecified atom stereocenters. The lowest BCUT2D eigenvalue weighted by Gasteiger charge is -2.42. The minimum Gasteiger partial charge on any atom is -0.494 e. The molecule has 1 atom stereocenters. The molecule has 13 heteroatoms. The molecule has 9 nitrogen and oxygen atoms in total. The Kier molecular flexibility index (Phi) is 8.52. The number of rotatable bonds is 8. The number of anilines is 2. The zero-order valence-electron chi connectivity index (χ0n) is 23.6. The number of nitrogens with two attached hydrogens (primary N) is 1. The number of benzene rings is 2. The van der Waals surface area contributed by atoms with Gasteiger partial charge in [0.05, 0.1) is 35.6 Å². The second-order valence-electron chi connectivity index (χ2n) is 10.8. The van der Waals surface area contributed by atoms with Gasteiger partial charge in [-0.3, -0.25) is 14.5 Å². The fourth-order valence-corrected chi connectivity index (χ4v) is 6.92. The highest BCUT2D eigenvalue weighted by molar-refractivity contribution is 8.01. The van der Waals surface area contributed by atoms with Crippen LogP contribution < -0.4 is 20.7 Å². The average molecular weight is 623 g/mol. The van der Waals surface area contributed by atoms with Gasteiger partial charge in [-0.25, -0.2) is 8.78 Å². The van der Waals surface area contributed by atoms with Gasteiger partial charge in [0.1, 0.15) is 23.2 Å². The van der Waals surface area contributed by atoms with Crippen LogP contribution >= 0.6 is 23.1 Å². The smallest absolute Gasteiger partial charge is 0.234 e. The van der Waals surface area contributed by atoms with Gasteiger partial charge < -0.3 is 15.8 Å². The van der Waals surface area contributed by atoms with E-state index < -0.39 is 23.5 Å². The first kappa shape index (κ1) is 30.2. The van der Waals surface area contributed by atoms with E-state index in [1.165, 1.54) is 0 Å². The Morgan fingerprint density at radius 1 is 1.23 bits per heavy atom. The van der Waals surface area contributed by atoms with Gasteiger partial charge in [0.2, 0.25) is 11.0 Å². The summed E-state index contributed by atoms with van der Waals surface area (Å²) in [6, 6.07) is 12.4. The van der Waals surface area contributed by atoms with Crippen LogP contribution in [0.5, 0.6) is 5.75 Å². The maximum atomic E-state index is 13.9. The second-order valence-corrected chi connectivity index (χ2v) is 13.0. The van der Waals surface area contributed by atoms with Crippen molar-refractivity contribution in [1.29, 1.82) is 5.26 Å². The Morgan fingerprint density at radius 2 is 1.98 bits per heavy atom. The van der Waals surface area contributed by atoms with Crippen LogP contribution in [0.15, 0.2) is 69.5 Å². The van der Waals surface area contributed by atoms with E-state index in [4.69, 9.17) is 10.5 Å². The van der Waals surface area contributed by atoms with E-state index in [0.717, 1.165) is 40.8 Å². The van der Waals surface area contributed by atoms with E-state index in [-0.39, 0.29) is 34.0 Å². The summed E-state index contributed by atoms with van der Waals surface area (Å²) in [5.74, 6) is -2.13. The molecule has 43 heavy (non-hydrogen) atoms. The van der Waals surface area contributed by atoms with Crippen molar-refractivity contribution < 1.29 is 23.1 Å². The zero-order chi connectivity index (χ0) is 30.9. The zero-order valence-corrected chi connectivity index (χ0v) is 25.2. The number of amides is 1. The third-order valence-electron chi connectivity index (χ3n) is 7.02. The fourth-order valence-electron chi connectivity index (χ4n) is 5.24. The highest BCUT2D eigenvalue weighted by Crippen LogP contribution is 2.50. The van der Waals surface area contributed by atoms with Crippen molar-refractivity contribution in [3.05, 3.63) is 82.3 Å². The number of carbonyl (C=O) groups is 2. The van der Waals surface area contributed by atoms with Crippen LogP contribution in [0, 0.1) is 28.4 Å². The standard InChI is InChI=1S/C30H28F2N6O3S2/c1-4-41-18-8-5-16(6-9-18)25-19(14-33)27(34)38(22-12-30(2,3)13-23(39)26(22)25)28-36-37-29(43-28)42-15-24(40)35-21-10-7-17(31)11-20(21)32/h5-11,25H,4,12-13,15,34H2,1-3H3,(H,35,40). The predicted octanol–water partition coefficient (Wildman–Crippen LogP) is 5.89. The highest BCUT2D eigenvalue weighted by atomic mass is 32.2. The normalized spacial score (nSPS) is 17.9. The number of nitrogens with one attached hydrogen (secondary N) is 1. The van der Waals surface area contributed by atoms with Crippen molar-refractivity contribution in [3.63, 3.8) is 0 Å². The van der Waals surface area contributed by atoms with Crippen molar-refractivity contribution in [3.8, 4) is 11.8 Å². The van der Waals surface area contributed by atoms with Crippen LogP contribution in [0.25, 0.3) is 0 Å². The van der Waals surface area contributed by atoms with Gasteiger partial charge in [0.25, 0.3) is 0 Å². The molecular formula is C30H28F2N6O3S2. The number of thioether (sulfide) groups is 1. The van der Waals surface area contributed by atoms with Crippen molar-refractivity contribution in [1.82, 2.24) is 10.2 Å². The van der Waals surface area contributed by atoms with Crippen LogP contribution in [0.2, 0.25) is 0 Å². The predicted molar refractivity (Wildman–Crippen MR) is 160 cm³/mol. The van der Waals surface area contributed by atoms with Crippen molar-refractivity contribution >= 4 is 45.6 Å². The van der Waals surface area contributed by atoms with E-state index in [1.807, 2.05) is 45.0 Å². The summed E-state index contributed by atoms with van der Waals surface area (Å²) < 4.78 is 33.1. The van der Waals surface area contributed by atoms with Crippen molar-refractivity contribution in [2.24, 2.45) is 11.1 Å². The highest BCUT2D eigenvalue weighted by Gasteiger charge is 2.45. The lowest BCUT2D eigenvalue weighted by molar-refractivity contribution is -0.118. The van der Waals surface area contributed by atoms with Crippen LogP contribution in [0.3, 0.4) is 0 Å². The van der Waals surface area contributed by atoms with Gasteiger partial charge in [-0.15, -0.1) is 10.2 Å². The number of nitrogens with zero attached hydrogens (tertiary/aromatic N) is 4. The molecule has 0 spiro atoms. The van der Waals surface area contributed by atoms with Gasteiger partial charge >= 0.3 is 0 Å². The molecule has 0 radical (unpaired) electrons. The molecule has 0 fully saturated rings. The molecule has 1 aromatic heterocycles. The molecule has 1 aliphatic carbocycles. The lowest BCUT2D eigenvalue weighted by Crippen LogP contribution is -2.42. The minimum absolute atomic E-state index is 0.0702. The Labute approximate surface area is 255 Å². The van der Waals surface area contributed by atoms with E-state index in [9.17, 15) is 23.6 Å². The van der Waals surface area contributed by atoms with Gasteiger partial charge in [0.15, 0.2) is 10.1 Å².